The van der Waals surface area contributed by atoms with Crippen molar-refractivity contribution in [1.29, 1.82) is 0 Å². The average Bonchev–Trinajstić information content (AvgIpc) is 2.93. The van der Waals surface area contributed by atoms with Gasteiger partial charge in [0.25, 0.3) is 0 Å². The number of unbranched alkanes of at least 4 members (excludes halogenated alkanes) is 1. The van der Waals surface area contributed by atoms with Gasteiger partial charge in [-0.15, -0.1) is 0 Å². The van der Waals surface area contributed by atoms with Crippen LogP contribution in [-0.2, 0) is 6.54 Å². The van der Waals surface area contributed by atoms with Crippen molar-refractivity contribution in [1.82, 2.24) is 5.32 Å². The normalized spacial score (nSPS) is 10.6. The van der Waals surface area contributed by atoms with E-state index in [-0.39, 0.29) is 0 Å². The van der Waals surface area contributed by atoms with Crippen LogP contribution in [0.4, 0.5) is 0 Å². The summed E-state index contributed by atoms with van der Waals surface area (Å²) in [4.78, 5) is 0. The Bertz CT molecular complexity index is 448. The first-order valence-electron chi connectivity index (χ1n) is 6.77. The number of hydrogen-bond donors (Lipinski definition) is 1. The number of aryl methyl sites for hydroxylation is 1. The molecule has 0 unspecified atom stereocenters. The molecule has 3 nitrogen and oxygen atoms in total. The van der Waals surface area contributed by atoms with E-state index in [1.54, 1.807) is 6.26 Å². The van der Waals surface area contributed by atoms with Crippen molar-refractivity contribution in [3.05, 3.63) is 54.0 Å². The Balaban J connectivity index is 1.49. The molecule has 0 saturated heterocycles. The highest BCUT2D eigenvalue weighted by Crippen LogP contribution is 2.11. The van der Waals surface area contributed by atoms with E-state index in [1.165, 1.54) is 5.56 Å². The Kier molecular flexibility index (Phi) is 5.50. The Labute approximate surface area is 114 Å². The minimum absolute atomic E-state index is 0.769. The molecule has 1 heterocycles. The molecule has 102 valence electrons. The molecule has 19 heavy (non-hydrogen) atoms. The maximum atomic E-state index is 5.67. The van der Waals surface area contributed by atoms with Gasteiger partial charge in [0.1, 0.15) is 11.5 Å². The molecule has 2 rings (SSSR count). The fraction of sp³-hybridized carbons (Fsp3) is 0.375. The fourth-order valence-corrected chi connectivity index (χ4v) is 1.80. The van der Waals surface area contributed by atoms with Crippen molar-refractivity contribution in [2.24, 2.45) is 0 Å². The van der Waals surface area contributed by atoms with Crippen LogP contribution >= 0.6 is 0 Å². The molecular weight excluding hydrogens is 238 g/mol. The van der Waals surface area contributed by atoms with Crippen molar-refractivity contribution in [2.45, 2.75) is 26.3 Å². The SMILES string of the molecule is Cc1ccc(OCCCCNCc2ccco2)cc1. The molecule has 0 radical (unpaired) electrons. The van der Waals surface area contributed by atoms with Gasteiger partial charge in [0, 0.05) is 0 Å². The van der Waals surface area contributed by atoms with Gasteiger partial charge >= 0.3 is 0 Å². The van der Waals surface area contributed by atoms with E-state index in [9.17, 15) is 0 Å². The summed E-state index contributed by atoms with van der Waals surface area (Å²) in [5, 5.41) is 3.34. The highest BCUT2D eigenvalue weighted by molar-refractivity contribution is 5.26. The lowest BCUT2D eigenvalue weighted by molar-refractivity contribution is 0.305. The first-order valence-corrected chi connectivity index (χ1v) is 6.77. The summed E-state index contributed by atoms with van der Waals surface area (Å²) in [6.45, 7) is 4.63. The van der Waals surface area contributed by atoms with Gasteiger partial charge in [-0.2, -0.15) is 0 Å². The predicted octanol–water partition coefficient (Wildman–Crippen LogP) is 3.54. The lowest BCUT2D eigenvalue weighted by Crippen LogP contribution is -2.15. The van der Waals surface area contributed by atoms with E-state index in [4.69, 9.17) is 9.15 Å². The number of benzene rings is 1. The van der Waals surface area contributed by atoms with Gasteiger partial charge in [-0.25, -0.2) is 0 Å². The summed E-state index contributed by atoms with van der Waals surface area (Å²) in [5.41, 5.74) is 1.26. The molecule has 1 aromatic heterocycles. The van der Waals surface area contributed by atoms with Crippen LogP contribution in [0.5, 0.6) is 5.75 Å². The molecule has 0 bridgehead atoms. The third kappa shape index (κ3) is 5.18. The summed E-state index contributed by atoms with van der Waals surface area (Å²) >= 11 is 0. The van der Waals surface area contributed by atoms with Crippen molar-refractivity contribution >= 4 is 0 Å². The van der Waals surface area contributed by atoms with Crippen LogP contribution in [-0.4, -0.2) is 13.2 Å². The third-order valence-corrected chi connectivity index (χ3v) is 2.92. The van der Waals surface area contributed by atoms with Gasteiger partial charge < -0.3 is 14.5 Å². The van der Waals surface area contributed by atoms with E-state index in [0.29, 0.717) is 0 Å². The van der Waals surface area contributed by atoms with Gasteiger partial charge in [0.15, 0.2) is 0 Å². The molecule has 0 aliphatic heterocycles. The van der Waals surface area contributed by atoms with Crippen LogP contribution in [0, 0.1) is 6.92 Å². The number of rotatable bonds is 8. The second-order valence-electron chi connectivity index (χ2n) is 4.62. The second kappa shape index (κ2) is 7.64. The number of furan rings is 1. The zero-order valence-electron chi connectivity index (χ0n) is 11.4. The number of ether oxygens (including phenoxy) is 1. The summed E-state index contributed by atoms with van der Waals surface area (Å²) < 4.78 is 10.9. The molecule has 0 fully saturated rings. The summed E-state index contributed by atoms with van der Waals surface area (Å²) in [6.07, 6.45) is 3.86. The second-order valence-corrected chi connectivity index (χ2v) is 4.62. The highest BCUT2D eigenvalue weighted by atomic mass is 16.5. The third-order valence-electron chi connectivity index (χ3n) is 2.92. The average molecular weight is 259 g/mol. The van der Waals surface area contributed by atoms with Gasteiger partial charge in [0.2, 0.25) is 0 Å². The molecular formula is C16H21NO2. The minimum Gasteiger partial charge on any atom is -0.494 e. The van der Waals surface area contributed by atoms with Crippen LogP contribution < -0.4 is 10.1 Å². The lowest BCUT2D eigenvalue weighted by atomic mass is 10.2. The highest BCUT2D eigenvalue weighted by Gasteiger charge is 1.95. The maximum absolute atomic E-state index is 5.67. The van der Waals surface area contributed by atoms with Crippen molar-refractivity contribution < 1.29 is 9.15 Å². The van der Waals surface area contributed by atoms with Crippen LogP contribution in [0.3, 0.4) is 0 Å². The fourth-order valence-electron chi connectivity index (χ4n) is 1.80. The monoisotopic (exact) mass is 259 g/mol. The van der Waals surface area contributed by atoms with Gasteiger partial charge in [0.05, 0.1) is 19.4 Å². The molecule has 0 spiro atoms. The standard InChI is InChI=1S/C16H21NO2/c1-14-6-8-15(9-7-14)18-11-3-2-10-17-13-16-5-4-12-19-16/h4-9,12,17H,2-3,10-11,13H2,1H3. The molecule has 0 atom stereocenters. The Morgan fingerprint density at radius 1 is 1.11 bits per heavy atom. The van der Waals surface area contributed by atoms with Crippen LogP contribution in [0.1, 0.15) is 24.2 Å². The number of nitrogens with one attached hydrogen (secondary N) is 1. The van der Waals surface area contributed by atoms with Crippen LogP contribution in [0.15, 0.2) is 47.1 Å². The zero-order chi connectivity index (χ0) is 13.3. The largest absolute Gasteiger partial charge is 0.494 e. The summed E-state index contributed by atoms with van der Waals surface area (Å²) in [5.74, 6) is 1.94. The maximum Gasteiger partial charge on any atom is 0.119 e. The Morgan fingerprint density at radius 2 is 1.95 bits per heavy atom. The summed E-state index contributed by atoms with van der Waals surface area (Å²) in [6, 6.07) is 12.1. The van der Waals surface area contributed by atoms with E-state index in [1.807, 2.05) is 24.3 Å². The van der Waals surface area contributed by atoms with Gasteiger partial charge in [-0.3, -0.25) is 0 Å². The predicted molar refractivity (Wildman–Crippen MR) is 76.3 cm³/mol. The minimum atomic E-state index is 0.769. The smallest absolute Gasteiger partial charge is 0.119 e. The molecule has 1 N–H and O–H groups in total. The van der Waals surface area contributed by atoms with Gasteiger partial charge in [-0.1, -0.05) is 17.7 Å². The van der Waals surface area contributed by atoms with Crippen LogP contribution in [0.25, 0.3) is 0 Å². The van der Waals surface area contributed by atoms with Gasteiger partial charge in [-0.05, 0) is 50.6 Å². The molecule has 3 heteroatoms. The zero-order valence-corrected chi connectivity index (χ0v) is 11.4. The Morgan fingerprint density at radius 3 is 2.68 bits per heavy atom. The molecule has 1 aromatic carbocycles. The molecule has 0 saturated carbocycles. The van der Waals surface area contributed by atoms with E-state index < -0.39 is 0 Å². The molecule has 0 aliphatic rings. The Hall–Kier alpha value is -1.74. The van der Waals surface area contributed by atoms with Crippen molar-refractivity contribution in [2.75, 3.05) is 13.2 Å². The molecule has 2 aromatic rings. The number of hydrogen-bond acceptors (Lipinski definition) is 3. The first-order chi connectivity index (χ1) is 9.34. The van der Waals surface area contributed by atoms with Crippen molar-refractivity contribution in [3.63, 3.8) is 0 Å². The first kappa shape index (κ1) is 13.7. The van der Waals surface area contributed by atoms with E-state index >= 15 is 0 Å². The summed E-state index contributed by atoms with van der Waals surface area (Å²) in [7, 11) is 0. The van der Waals surface area contributed by atoms with E-state index in [2.05, 4.69) is 24.4 Å². The topological polar surface area (TPSA) is 34.4 Å². The van der Waals surface area contributed by atoms with Crippen LogP contribution in [0.2, 0.25) is 0 Å². The quantitative estimate of drug-likeness (QED) is 0.736. The van der Waals surface area contributed by atoms with Crippen molar-refractivity contribution in [3.8, 4) is 5.75 Å². The molecule has 0 amide bonds. The molecule has 0 aliphatic carbocycles. The lowest BCUT2D eigenvalue weighted by Gasteiger charge is -2.06. The van der Waals surface area contributed by atoms with E-state index in [0.717, 1.165) is 44.0 Å².